The van der Waals surface area contributed by atoms with Crippen LogP contribution in [0.1, 0.15) is 33.6 Å². The van der Waals surface area contributed by atoms with Gasteiger partial charge in [0.1, 0.15) is 5.60 Å². The molecule has 0 radical (unpaired) electrons. The van der Waals surface area contributed by atoms with Crippen molar-refractivity contribution < 1.29 is 24.2 Å². The van der Waals surface area contributed by atoms with Gasteiger partial charge in [-0.25, -0.2) is 4.79 Å². The normalized spacial score (nSPS) is 27.7. The second-order valence-electron chi connectivity index (χ2n) is 6.94. The number of carboxylic acids is 1. The van der Waals surface area contributed by atoms with Crippen molar-refractivity contribution in [2.24, 2.45) is 17.8 Å². The monoisotopic (exact) mass is 299 g/mol. The molecule has 21 heavy (non-hydrogen) atoms. The number of hydrogen-bond donors (Lipinski definition) is 1. The highest BCUT2D eigenvalue weighted by molar-refractivity contribution is 5.74. The number of hydrogen-bond acceptors (Lipinski definition) is 4. The van der Waals surface area contributed by atoms with Crippen molar-refractivity contribution in [1.82, 2.24) is 4.90 Å². The zero-order valence-electron chi connectivity index (χ0n) is 13.0. The Morgan fingerprint density at radius 3 is 2.33 bits per heavy atom. The predicted octanol–water partition coefficient (Wildman–Crippen LogP) is 1.98. The van der Waals surface area contributed by atoms with Crippen LogP contribution in [0.25, 0.3) is 0 Å². The Morgan fingerprint density at radius 1 is 1.19 bits per heavy atom. The molecule has 0 aromatic heterocycles. The highest BCUT2D eigenvalue weighted by Crippen LogP contribution is 2.36. The molecule has 0 spiro atoms. The number of likely N-dealkylation sites (tertiary alicyclic amines) is 1. The smallest absolute Gasteiger partial charge is 0.410 e. The van der Waals surface area contributed by atoms with Gasteiger partial charge in [-0.2, -0.15) is 0 Å². The zero-order chi connectivity index (χ0) is 15.6. The number of nitrogens with zero attached hydrogens (tertiary/aromatic N) is 1. The lowest BCUT2D eigenvalue weighted by atomic mass is 9.80. The Labute approximate surface area is 125 Å². The van der Waals surface area contributed by atoms with Crippen LogP contribution in [0.3, 0.4) is 0 Å². The van der Waals surface area contributed by atoms with Crippen molar-refractivity contribution >= 4 is 12.1 Å². The third-order valence-electron chi connectivity index (χ3n) is 4.21. The second-order valence-corrected chi connectivity index (χ2v) is 6.94. The number of ether oxygens (including phenoxy) is 2. The number of carbonyl (C=O) groups is 2. The Balaban J connectivity index is 2.04. The summed E-state index contributed by atoms with van der Waals surface area (Å²) in [7, 11) is 0. The van der Waals surface area contributed by atoms with Crippen LogP contribution in [0, 0.1) is 17.8 Å². The Kier molecular flexibility index (Phi) is 4.76. The predicted molar refractivity (Wildman–Crippen MR) is 76.0 cm³/mol. The van der Waals surface area contributed by atoms with Gasteiger partial charge in [0.05, 0.1) is 5.92 Å². The van der Waals surface area contributed by atoms with Crippen molar-refractivity contribution in [3.63, 3.8) is 0 Å². The first-order valence-corrected chi connectivity index (χ1v) is 7.56. The van der Waals surface area contributed by atoms with Crippen molar-refractivity contribution in [1.29, 1.82) is 0 Å². The number of aliphatic carboxylic acids is 1. The number of rotatable bonds is 2. The fourth-order valence-corrected chi connectivity index (χ4v) is 3.19. The van der Waals surface area contributed by atoms with Gasteiger partial charge in [-0.15, -0.1) is 0 Å². The molecule has 2 aliphatic rings. The highest BCUT2D eigenvalue weighted by atomic mass is 16.6. The molecule has 0 aromatic rings. The van der Waals surface area contributed by atoms with E-state index in [1.807, 2.05) is 20.8 Å². The average Bonchev–Trinajstić information content (AvgIpc) is 2.83. The minimum atomic E-state index is -0.822. The lowest BCUT2D eigenvalue weighted by molar-refractivity contribution is -0.143. The fourth-order valence-electron chi connectivity index (χ4n) is 3.19. The minimum absolute atomic E-state index is 0.00100. The standard InChI is InChI=1S/C15H25NO5/c1-15(2,3)21-14(19)16-8-11(12(9-16)13(17)18)10-4-6-20-7-5-10/h10-12H,4-9H2,1-3H3,(H,17,18)/t11-,12+/m0/s1. The molecule has 2 atom stereocenters. The van der Waals surface area contributed by atoms with E-state index in [1.54, 1.807) is 4.90 Å². The fraction of sp³-hybridized carbons (Fsp3) is 0.867. The van der Waals surface area contributed by atoms with Gasteiger partial charge < -0.3 is 19.5 Å². The maximum Gasteiger partial charge on any atom is 0.410 e. The van der Waals surface area contributed by atoms with E-state index in [0.717, 1.165) is 12.8 Å². The third-order valence-corrected chi connectivity index (χ3v) is 4.21. The van der Waals surface area contributed by atoms with Gasteiger partial charge in [-0.1, -0.05) is 0 Å². The van der Waals surface area contributed by atoms with Crippen LogP contribution in [0.2, 0.25) is 0 Å². The summed E-state index contributed by atoms with van der Waals surface area (Å²) >= 11 is 0. The molecule has 2 saturated heterocycles. The molecule has 2 rings (SSSR count). The first-order valence-electron chi connectivity index (χ1n) is 7.56. The summed E-state index contributed by atoms with van der Waals surface area (Å²) in [4.78, 5) is 25.2. The second kappa shape index (κ2) is 6.22. The van der Waals surface area contributed by atoms with Gasteiger partial charge in [0, 0.05) is 26.3 Å². The first-order chi connectivity index (χ1) is 9.78. The number of carboxylic acid groups (broad SMARTS) is 1. The molecular formula is C15H25NO5. The van der Waals surface area contributed by atoms with E-state index in [2.05, 4.69) is 0 Å². The Bertz CT molecular complexity index is 397. The Morgan fingerprint density at radius 2 is 1.81 bits per heavy atom. The van der Waals surface area contributed by atoms with E-state index in [9.17, 15) is 14.7 Å². The molecule has 0 aromatic carbocycles. The van der Waals surface area contributed by atoms with E-state index in [0.29, 0.717) is 25.7 Å². The van der Waals surface area contributed by atoms with E-state index < -0.39 is 23.6 Å². The molecule has 0 saturated carbocycles. The lowest BCUT2D eigenvalue weighted by Gasteiger charge is -2.29. The van der Waals surface area contributed by atoms with E-state index in [-0.39, 0.29) is 12.5 Å². The van der Waals surface area contributed by atoms with Crippen LogP contribution < -0.4 is 0 Å². The molecule has 2 aliphatic heterocycles. The van der Waals surface area contributed by atoms with Gasteiger partial charge in [0.25, 0.3) is 0 Å². The van der Waals surface area contributed by atoms with Crippen LogP contribution in [0.15, 0.2) is 0 Å². The van der Waals surface area contributed by atoms with Crippen LogP contribution in [0.4, 0.5) is 4.79 Å². The summed E-state index contributed by atoms with van der Waals surface area (Å²) in [5.74, 6) is -1.01. The first kappa shape index (κ1) is 16.1. The molecule has 6 nitrogen and oxygen atoms in total. The molecule has 0 unspecified atom stereocenters. The van der Waals surface area contributed by atoms with Crippen LogP contribution in [0.5, 0.6) is 0 Å². The topological polar surface area (TPSA) is 76.1 Å². The lowest BCUT2D eigenvalue weighted by Crippen LogP contribution is -2.36. The highest BCUT2D eigenvalue weighted by Gasteiger charge is 2.44. The maximum atomic E-state index is 12.1. The minimum Gasteiger partial charge on any atom is -0.481 e. The van der Waals surface area contributed by atoms with Gasteiger partial charge in [-0.05, 0) is 45.4 Å². The summed E-state index contributed by atoms with van der Waals surface area (Å²) in [5.41, 5.74) is -0.563. The summed E-state index contributed by atoms with van der Waals surface area (Å²) < 4.78 is 10.7. The SMILES string of the molecule is CC(C)(C)OC(=O)N1C[C@@H](C(=O)O)[C@H](C2CCOCC2)C1. The quantitative estimate of drug-likeness (QED) is 0.843. The van der Waals surface area contributed by atoms with Crippen LogP contribution in [-0.2, 0) is 14.3 Å². The molecular weight excluding hydrogens is 274 g/mol. The molecule has 2 fully saturated rings. The van der Waals surface area contributed by atoms with E-state index in [4.69, 9.17) is 9.47 Å². The van der Waals surface area contributed by atoms with Crippen LogP contribution >= 0.6 is 0 Å². The maximum absolute atomic E-state index is 12.1. The third kappa shape index (κ3) is 4.09. The van der Waals surface area contributed by atoms with Gasteiger partial charge in [-0.3, -0.25) is 4.79 Å². The number of carbonyl (C=O) groups excluding carboxylic acids is 1. The summed E-state index contributed by atoms with van der Waals surface area (Å²) in [6.07, 6.45) is 1.33. The van der Waals surface area contributed by atoms with Crippen molar-refractivity contribution in [2.45, 2.75) is 39.2 Å². The van der Waals surface area contributed by atoms with Crippen molar-refractivity contribution in [3.8, 4) is 0 Å². The van der Waals surface area contributed by atoms with Crippen LogP contribution in [-0.4, -0.2) is 54.0 Å². The van der Waals surface area contributed by atoms with E-state index >= 15 is 0 Å². The average molecular weight is 299 g/mol. The van der Waals surface area contributed by atoms with Gasteiger partial charge in [0.2, 0.25) is 0 Å². The molecule has 1 N–H and O–H groups in total. The zero-order valence-corrected chi connectivity index (χ0v) is 13.0. The summed E-state index contributed by atoms with van der Waals surface area (Å²) in [5, 5.41) is 9.44. The van der Waals surface area contributed by atoms with Gasteiger partial charge >= 0.3 is 12.1 Å². The molecule has 0 bridgehead atoms. The van der Waals surface area contributed by atoms with Gasteiger partial charge in [0.15, 0.2) is 0 Å². The molecule has 1 amide bonds. The largest absolute Gasteiger partial charge is 0.481 e. The Hall–Kier alpha value is -1.30. The molecule has 2 heterocycles. The molecule has 120 valence electrons. The summed E-state index contributed by atoms with van der Waals surface area (Å²) in [6, 6.07) is 0. The van der Waals surface area contributed by atoms with Crippen molar-refractivity contribution in [2.75, 3.05) is 26.3 Å². The van der Waals surface area contributed by atoms with E-state index in [1.165, 1.54) is 0 Å². The van der Waals surface area contributed by atoms with Crippen molar-refractivity contribution in [3.05, 3.63) is 0 Å². The molecule has 6 heteroatoms. The molecule has 0 aliphatic carbocycles. The number of amides is 1. The summed E-state index contributed by atoms with van der Waals surface area (Å²) in [6.45, 7) is 7.51.